The summed E-state index contributed by atoms with van der Waals surface area (Å²) in [7, 11) is 0. The van der Waals surface area contributed by atoms with Crippen LogP contribution in [-0.2, 0) is 11.3 Å². The van der Waals surface area contributed by atoms with Gasteiger partial charge in [-0.15, -0.1) is 0 Å². The van der Waals surface area contributed by atoms with Crippen molar-refractivity contribution in [3.63, 3.8) is 0 Å². The van der Waals surface area contributed by atoms with Gasteiger partial charge in [-0.1, -0.05) is 0 Å². The molecule has 0 saturated carbocycles. The summed E-state index contributed by atoms with van der Waals surface area (Å²) in [5.41, 5.74) is 0.212. The highest BCUT2D eigenvalue weighted by atomic mass is 19.4. The number of carboxylic acids is 1. The number of aromatic nitrogens is 1. The highest BCUT2D eigenvalue weighted by Gasteiger charge is 2.36. The number of alkyl halides is 3. The van der Waals surface area contributed by atoms with Crippen molar-refractivity contribution in [3.8, 4) is 0 Å². The predicted octanol–water partition coefficient (Wildman–Crippen LogP) is 2.25. The second kappa shape index (κ2) is 5.13. The fraction of sp³-hybridized carbons (Fsp3) is 0.400. The van der Waals surface area contributed by atoms with Crippen LogP contribution in [0.4, 0.5) is 13.2 Å². The van der Waals surface area contributed by atoms with Gasteiger partial charge < -0.3 is 9.84 Å². The number of rotatable bonds is 4. The van der Waals surface area contributed by atoms with Crippen LogP contribution in [0.1, 0.15) is 23.0 Å². The first kappa shape index (κ1) is 13.4. The van der Waals surface area contributed by atoms with Gasteiger partial charge in [0, 0.05) is 6.20 Å². The van der Waals surface area contributed by atoms with Crippen molar-refractivity contribution < 1.29 is 27.8 Å². The highest BCUT2D eigenvalue weighted by Crippen LogP contribution is 2.22. The molecule has 0 spiro atoms. The van der Waals surface area contributed by atoms with Crippen molar-refractivity contribution in [2.24, 2.45) is 0 Å². The molecule has 0 saturated heterocycles. The molecule has 0 unspecified atom stereocenters. The van der Waals surface area contributed by atoms with Gasteiger partial charge in [-0.25, -0.2) is 4.79 Å². The maximum atomic E-state index is 12.1. The Hall–Kier alpha value is -1.63. The molecule has 1 heterocycles. The SMILES string of the molecule is C[C@@H](OCc1ccc(C(=O)O)cn1)C(F)(F)F. The molecular formula is C10H10F3NO3. The lowest BCUT2D eigenvalue weighted by Crippen LogP contribution is -2.28. The topological polar surface area (TPSA) is 59.4 Å². The van der Waals surface area contributed by atoms with Gasteiger partial charge in [-0.05, 0) is 19.1 Å². The minimum Gasteiger partial charge on any atom is -0.478 e. The van der Waals surface area contributed by atoms with Gasteiger partial charge in [0.1, 0.15) is 0 Å². The van der Waals surface area contributed by atoms with Gasteiger partial charge in [0.15, 0.2) is 6.10 Å². The summed E-state index contributed by atoms with van der Waals surface area (Å²) in [6.45, 7) is 0.576. The molecule has 0 aliphatic carbocycles. The van der Waals surface area contributed by atoms with Crippen LogP contribution in [0.25, 0.3) is 0 Å². The minimum atomic E-state index is -4.42. The summed E-state index contributed by atoms with van der Waals surface area (Å²) in [6, 6.07) is 2.57. The number of pyridine rings is 1. The summed E-state index contributed by atoms with van der Waals surface area (Å²) >= 11 is 0. The van der Waals surface area contributed by atoms with E-state index in [2.05, 4.69) is 9.72 Å². The normalized spacial score (nSPS) is 13.4. The van der Waals surface area contributed by atoms with E-state index in [9.17, 15) is 18.0 Å². The first-order chi connectivity index (χ1) is 7.80. The van der Waals surface area contributed by atoms with Gasteiger partial charge in [0.25, 0.3) is 0 Å². The Balaban J connectivity index is 2.56. The number of nitrogens with zero attached hydrogens (tertiary/aromatic N) is 1. The largest absolute Gasteiger partial charge is 0.478 e. The van der Waals surface area contributed by atoms with Crippen molar-refractivity contribution in [2.75, 3.05) is 0 Å². The van der Waals surface area contributed by atoms with E-state index in [-0.39, 0.29) is 17.9 Å². The van der Waals surface area contributed by atoms with Crippen LogP contribution < -0.4 is 0 Å². The van der Waals surface area contributed by atoms with E-state index in [0.717, 1.165) is 13.1 Å². The number of carboxylic acid groups (broad SMARTS) is 1. The molecule has 0 aromatic carbocycles. The van der Waals surface area contributed by atoms with Crippen LogP contribution in [0.5, 0.6) is 0 Å². The Labute approximate surface area is 95.0 Å². The lowest BCUT2D eigenvalue weighted by atomic mass is 10.2. The zero-order valence-electron chi connectivity index (χ0n) is 8.86. The lowest BCUT2D eigenvalue weighted by Gasteiger charge is -2.15. The second-order valence-corrected chi connectivity index (χ2v) is 3.34. The molecule has 1 N–H and O–H groups in total. The maximum Gasteiger partial charge on any atom is 0.414 e. The van der Waals surface area contributed by atoms with Crippen molar-refractivity contribution in [1.29, 1.82) is 0 Å². The number of carbonyl (C=O) groups is 1. The first-order valence-corrected chi connectivity index (χ1v) is 4.67. The molecule has 1 aromatic heterocycles. The molecule has 17 heavy (non-hydrogen) atoms. The summed E-state index contributed by atoms with van der Waals surface area (Å²) in [4.78, 5) is 14.2. The fourth-order valence-electron chi connectivity index (χ4n) is 0.941. The van der Waals surface area contributed by atoms with E-state index >= 15 is 0 Å². The number of halogens is 3. The van der Waals surface area contributed by atoms with E-state index < -0.39 is 18.2 Å². The molecule has 0 fully saturated rings. The fourth-order valence-corrected chi connectivity index (χ4v) is 0.941. The first-order valence-electron chi connectivity index (χ1n) is 4.67. The minimum absolute atomic E-state index is 0.0300. The van der Waals surface area contributed by atoms with Gasteiger partial charge in [0.05, 0.1) is 17.9 Å². The summed E-state index contributed by atoms with van der Waals surface area (Å²) in [6.07, 6.45) is -5.23. The highest BCUT2D eigenvalue weighted by molar-refractivity contribution is 5.87. The molecule has 0 radical (unpaired) electrons. The third-order valence-electron chi connectivity index (χ3n) is 2.01. The molecule has 94 valence electrons. The van der Waals surface area contributed by atoms with Crippen molar-refractivity contribution in [3.05, 3.63) is 29.6 Å². The Morgan fingerprint density at radius 3 is 2.59 bits per heavy atom. The molecule has 0 amide bonds. The maximum absolute atomic E-state index is 12.1. The monoisotopic (exact) mass is 249 g/mol. The Bertz CT molecular complexity index is 389. The molecule has 7 heteroatoms. The van der Waals surface area contributed by atoms with E-state index in [0.29, 0.717) is 0 Å². The summed E-state index contributed by atoms with van der Waals surface area (Å²) < 4.78 is 40.9. The molecule has 1 atom stereocenters. The van der Waals surface area contributed by atoms with Crippen LogP contribution >= 0.6 is 0 Å². The zero-order chi connectivity index (χ0) is 13.1. The van der Waals surface area contributed by atoms with E-state index in [1.54, 1.807) is 0 Å². The number of hydrogen-bond donors (Lipinski definition) is 1. The Morgan fingerprint density at radius 2 is 2.18 bits per heavy atom. The zero-order valence-corrected chi connectivity index (χ0v) is 8.86. The van der Waals surface area contributed by atoms with Gasteiger partial charge in [0.2, 0.25) is 0 Å². The van der Waals surface area contributed by atoms with Crippen molar-refractivity contribution in [2.45, 2.75) is 25.8 Å². The molecule has 4 nitrogen and oxygen atoms in total. The molecule has 1 rings (SSSR count). The molecule has 1 aromatic rings. The second-order valence-electron chi connectivity index (χ2n) is 3.34. The molecular weight excluding hydrogens is 239 g/mol. The van der Waals surface area contributed by atoms with Crippen molar-refractivity contribution in [1.82, 2.24) is 4.98 Å². The van der Waals surface area contributed by atoms with Gasteiger partial charge in [-0.3, -0.25) is 4.98 Å². The van der Waals surface area contributed by atoms with E-state index in [1.165, 1.54) is 12.1 Å². The predicted molar refractivity (Wildman–Crippen MR) is 51.5 cm³/mol. The summed E-state index contributed by atoms with van der Waals surface area (Å²) in [5, 5.41) is 8.58. The summed E-state index contributed by atoms with van der Waals surface area (Å²) in [5.74, 6) is -1.14. The molecule has 0 bridgehead atoms. The Morgan fingerprint density at radius 1 is 1.53 bits per heavy atom. The smallest absolute Gasteiger partial charge is 0.414 e. The number of hydrogen-bond acceptors (Lipinski definition) is 3. The standard InChI is InChI=1S/C10H10F3NO3/c1-6(10(11,12)13)17-5-8-3-2-7(4-14-8)9(15)16/h2-4,6H,5H2,1H3,(H,15,16)/t6-/m1/s1. The van der Waals surface area contributed by atoms with E-state index in [4.69, 9.17) is 5.11 Å². The quantitative estimate of drug-likeness (QED) is 0.889. The van der Waals surface area contributed by atoms with Crippen LogP contribution in [0.3, 0.4) is 0 Å². The van der Waals surface area contributed by atoms with Gasteiger partial charge >= 0.3 is 12.1 Å². The van der Waals surface area contributed by atoms with Crippen molar-refractivity contribution >= 4 is 5.97 Å². The van der Waals surface area contributed by atoms with Crippen LogP contribution in [0.15, 0.2) is 18.3 Å². The van der Waals surface area contributed by atoms with Crippen LogP contribution in [0, 0.1) is 0 Å². The average Bonchev–Trinajstić information content (AvgIpc) is 2.25. The van der Waals surface area contributed by atoms with E-state index in [1.807, 2.05) is 0 Å². The van der Waals surface area contributed by atoms with Crippen LogP contribution in [0.2, 0.25) is 0 Å². The molecule has 0 aliphatic heterocycles. The number of aromatic carboxylic acids is 1. The third kappa shape index (κ3) is 4.03. The third-order valence-corrected chi connectivity index (χ3v) is 2.01. The average molecular weight is 249 g/mol. The Kier molecular flexibility index (Phi) is 4.06. The molecule has 0 aliphatic rings. The van der Waals surface area contributed by atoms with Crippen LogP contribution in [-0.4, -0.2) is 28.3 Å². The van der Waals surface area contributed by atoms with Gasteiger partial charge in [-0.2, -0.15) is 13.2 Å². The lowest BCUT2D eigenvalue weighted by molar-refractivity contribution is -0.217. The number of ether oxygens (including phenoxy) is 1.